The molecule has 0 aromatic heterocycles. The van der Waals surface area contributed by atoms with Crippen molar-refractivity contribution >= 4 is 7.68 Å². The van der Waals surface area contributed by atoms with Crippen molar-refractivity contribution in [2.45, 2.75) is 20.0 Å². The summed E-state index contributed by atoms with van der Waals surface area (Å²) >= 11 is 0. The van der Waals surface area contributed by atoms with E-state index >= 15 is 0 Å². The van der Waals surface area contributed by atoms with E-state index in [0.29, 0.717) is 0 Å². The van der Waals surface area contributed by atoms with Crippen molar-refractivity contribution in [2.75, 3.05) is 6.66 Å². The summed E-state index contributed by atoms with van der Waals surface area (Å²) in [6.45, 7) is 4.22. The van der Waals surface area contributed by atoms with Gasteiger partial charge in [-0.25, -0.2) is 0 Å². The maximum absolute atomic E-state index is 12.0. The van der Waals surface area contributed by atoms with Crippen molar-refractivity contribution in [3.63, 3.8) is 0 Å². The summed E-state index contributed by atoms with van der Waals surface area (Å²) in [7, 11) is -3.72. The third-order valence-electron chi connectivity index (χ3n) is 0.399. The molecule has 0 saturated carbocycles. The number of rotatable bonds is 2. The van der Waals surface area contributed by atoms with Gasteiger partial charge in [0, 0.05) is 46.6 Å². The maximum Gasteiger partial charge on any atom is 0.364 e. The molecule has 0 spiro atoms. The van der Waals surface area contributed by atoms with Crippen LogP contribution in [0.2, 0.25) is 0 Å². The number of hydrogen-bond donors (Lipinski definition) is 0. The second-order valence-electron chi connectivity index (χ2n) is 1.90. The Morgan fingerprint density at radius 2 is 1.89 bits per heavy atom. The molecule has 1 atom stereocenters. The van der Waals surface area contributed by atoms with Crippen LogP contribution in [0.15, 0.2) is 0 Å². The molecule has 0 aliphatic heterocycles. The fourth-order valence-electron chi connectivity index (χ4n) is 0.377. The molecule has 2 nitrogen and oxygen atoms in total. The molecule has 0 rings (SSSR count). The molecule has 0 fully saturated rings. The van der Waals surface area contributed by atoms with Gasteiger partial charge in [0.1, 0.15) is 0 Å². The van der Waals surface area contributed by atoms with E-state index in [2.05, 4.69) is 4.52 Å². The zero-order valence-corrected chi connectivity index (χ0v) is 8.74. The molecule has 0 amide bonds. The first kappa shape index (κ1) is 13.1. The third-order valence-corrected chi connectivity index (χ3v) is 1.20. The molecule has 0 aliphatic rings. The van der Waals surface area contributed by atoms with E-state index in [-0.39, 0.29) is 46.0 Å². The van der Waals surface area contributed by atoms with Crippen LogP contribution in [0.5, 0.6) is 0 Å². The van der Waals surface area contributed by atoms with Crippen molar-refractivity contribution in [3.05, 3.63) is 0 Å². The van der Waals surface area contributed by atoms with E-state index in [4.69, 9.17) is 0 Å². The van der Waals surface area contributed by atoms with Gasteiger partial charge in [-0.1, -0.05) is 0 Å². The molecule has 0 bridgehead atoms. The Morgan fingerprint density at radius 1 is 1.56 bits per heavy atom. The first-order valence-corrected chi connectivity index (χ1v) is 4.33. The van der Waals surface area contributed by atoms with Gasteiger partial charge in [-0.05, 0) is 13.8 Å². The molecule has 0 heterocycles. The van der Waals surface area contributed by atoms with Crippen LogP contribution in [-0.4, -0.2) is 12.8 Å². The van der Waals surface area contributed by atoms with Gasteiger partial charge in [0.15, 0.2) is 0 Å². The normalized spacial score (nSPS) is 16.6. The minimum atomic E-state index is -3.72. The Morgan fingerprint density at radius 3 is 1.89 bits per heavy atom. The average Bonchev–Trinajstić information content (AvgIpc) is 1.21. The van der Waals surface area contributed by atoms with E-state index in [1.807, 2.05) is 0 Å². The predicted molar refractivity (Wildman–Crippen MR) is 30.9 cm³/mol. The molecule has 0 saturated heterocycles. The Labute approximate surface area is 86.8 Å². The summed E-state index contributed by atoms with van der Waals surface area (Å²) in [6.07, 6.45) is -0.296. The first-order valence-electron chi connectivity index (χ1n) is 2.37. The second kappa shape index (κ2) is 5.14. The van der Waals surface area contributed by atoms with Gasteiger partial charge in [-0.3, -0.25) is 4.57 Å². The fourth-order valence-corrected chi connectivity index (χ4v) is 1.13. The zero-order valence-electron chi connectivity index (χ0n) is 5.57. The van der Waals surface area contributed by atoms with Crippen LogP contribution < -0.4 is 0 Å². The van der Waals surface area contributed by atoms with Gasteiger partial charge in [-0.2, -0.15) is 4.20 Å². The van der Waals surface area contributed by atoms with E-state index in [9.17, 15) is 8.76 Å². The van der Waals surface area contributed by atoms with E-state index in [1.54, 1.807) is 13.8 Å². The molecule has 1 unspecified atom stereocenters. The van der Waals surface area contributed by atoms with Crippen LogP contribution in [0.25, 0.3) is 0 Å². The first-order chi connectivity index (χ1) is 3.42. The minimum absolute atomic E-state index is 0. The van der Waals surface area contributed by atoms with Crippen molar-refractivity contribution in [1.29, 1.82) is 0 Å². The summed E-state index contributed by atoms with van der Waals surface area (Å²) in [6, 6.07) is 0. The molecule has 0 radical (unpaired) electrons. The standard InChI is InChI=1S/C4H10FO2P.Gd/c1-4(2)7-8(3,5)6;/h4H,1-3H3;. The zero-order chi connectivity index (χ0) is 6.78. The van der Waals surface area contributed by atoms with Gasteiger partial charge in [-0.15, -0.1) is 0 Å². The Kier molecular flexibility index (Phi) is 7.46. The molecule has 0 aromatic rings. The molecule has 5 heteroatoms. The van der Waals surface area contributed by atoms with E-state index < -0.39 is 7.68 Å². The summed E-state index contributed by atoms with van der Waals surface area (Å²) in [5.74, 6) is 0. The van der Waals surface area contributed by atoms with E-state index in [1.165, 1.54) is 0 Å². The molecule has 58 valence electrons. The largest absolute Gasteiger partial charge is 0.364 e. The van der Waals surface area contributed by atoms with Crippen molar-refractivity contribution < 1.29 is 53.2 Å². The Hall–Kier alpha value is 1.44. The summed E-state index contributed by atoms with van der Waals surface area (Å²) in [5, 5.41) is 0. The van der Waals surface area contributed by atoms with Crippen LogP contribution in [0.3, 0.4) is 0 Å². The van der Waals surface area contributed by atoms with Crippen molar-refractivity contribution in [1.82, 2.24) is 0 Å². The van der Waals surface area contributed by atoms with Gasteiger partial charge < -0.3 is 4.52 Å². The van der Waals surface area contributed by atoms with Crippen molar-refractivity contribution in [3.8, 4) is 0 Å². The van der Waals surface area contributed by atoms with Gasteiger partial charge in [0.05, 0.1) is 6.10 Å². The summed E-state index contributed by atoms with van der Waals surface area (Å²) < 4.78 is 26.4. The van der Waals surface area contributed by atoms with Crippen LogP contribution in [0, 0.1) is 39.9 Å². The molecule has 0 aliphatic carbocycles. The number of halogens is 1. The predicted octanol–water partition coefficient (Wildman–Crippen LogP) is 2.20. The monoisotopic (exact) mass is 298 g/mol. The van der Waals surface area contributed by atoms with Crippen molar-refractivity contribution in [2.24, 2.45) is 0 Å². The smallest absolute Gasteiger partial charge is 0.303 e. The Bertz CT molecular complexity index is 111. The van der Waals surface area contributed by atoms with Crippen LogP contribution in [0.1, 0.15) is 13.8 Å². The molecule has 9 heavy (non-hydrogen) atoms. The van der Waals surface area contributed by atoms with Gasteiger partial charge in [0.2, 0.25) is 0 Å². The molecule has 0 N–H and O–H groups in total. The third kappa shape index (κ3) is 12.6. The second-order valence-corrected chi connectivity index (χ2v) is 3.61. The topological polar surface area (TPSA) is 26.3 Å². The molecule has 0 aromatic carbocycles. The quantitative estimate of drug-likeness (QED) is 0.731. The SMILES string of the molecule is CC(C)OP(C)(=O)F.[Gd]. The van der Waals surface area contributed by atoms with Crippen LogP contribution >= 0.6 is 7.68 Å². The maximum atomic E-state index is 12.0. The molecular formula is C4H10FGdO2P. The van der Waals surface area contributed by atoms with Gasteiger partial charge >= 0.3 is 7.68 Å². The fraction of sp³-hybridized carbons (Fsp3) is 1.00. The summed E-state index contributed by atoms with van der Waals surface area (Å²) in [5.41, 5.74) is 0. The van der Waals surface area contributed by atoms with Crippen LogP contribution in [-0.2, 0) is 9.09 Å². The Balaban J connectivity index is 0. The van der Waals surface area contributed by atoms with E-state index in [0.717, 1.165) is 6.66 Å². The average molecular weight is 297 g/mol. The number of hydrogen-bond acceptors (Lipinski definition) is 2. The summed E-state index contributed by atoms with van der Waals surface area (Å²) in [4.78, 5) is 0. The van der Waals surface area contributed by atoms with Gasteiger partial charge in [0.25, 0.3) is 0 Å². The van der Waals surface area contributed by atoms with Crippen LogP contribution in [0.4, 0.5) is 4.20 Å². The molecular weight excluding hydrogens is 287 g/mol. The minimum Gasteiger partial charge on any atom is -0.303 e.